The van der Waals surface area contributed by atoms with E-state index in [0.717, 1.165) is 6.42 Å². The number of hydrogen-bond donors (Lipinski definition) is 1. The molecule has 2 nitrogen and oxygen atoms in total. The first-order valence-corrected chi connectivity index (χ1v) is 6.33. The third-order valence-electron chi connectivity index (χ3n) is 2.65. The second kappa shape index (κ2) is 5.64. The van der Waals surface area contributed by atoms with Crippen LogP contribution in [0.4, 0.5) is 0 Å². The van der Waals surface area contributed by atoms with Gasteiger partial charge in [-0.2, -0.15) is 11.8 Å². The Morgan fingerprint density at radius 3 is 2.21 bits per heavy atom. The quantitative estimate of drug-likeness (QED) is 0.767. The first-order valence-electron chi connectivity index (χ1n) is 5.11. The van der Waals surface area contributed by atoms with Crippen LogP contribution >= 0.6 is 11.8 Å². The largest absolute Gasteiger partial charge is 0.359 e. The molecule has 0 aliphatic rings. The second-order valence-corrected chi connectivity index (χ2v) is 6.15. The molecule has 0 heterocycles. The van der Waals surface area contributed by atoms with Crippen LogP contribution in [-0.2, 0) is 4.79 Å². The fourth-order valence-electron chi connectivity index (χ4n) is 1.43. The van der Waals surface area contributed by atoms with Crippen LogP contribution in [0.3, 0.4) is 0 Å². The standard InChI is InChI=1S/C11H23NOS/c1-8(2)9(10(13)12-5)7-11(3,4)14-6/h8-9H,7H2,1-6H3,(H,12,13). The van der Waals surface area contributed by atoms with Gasteiger partial charge in [0, 0.05) is 17.7 Å². The van der Waals surface area contributed by atoms with Gasteiger partial charge in [0.25, 0.3) is 0 Å². The van der Waals surface area contributed by atoms with Crippen molar-refractivity contribution in [3.05, 3.63) is 0 Å². The molecule has 0 bridgehead atoms. The van der Waals surface area contributed by atoms with Crippen molar-refractivity contribution in [1.82, 2.24) is 5.32 Å². The van der Waals surface area contributed by atoms with E-state index in [2.05, 4.69) is 39.3 Å². The van der Waals surface area contributed by atoms with Crippen molar-refractivity contribution < 1.29 is 4.79 Å². The normalized spacial score (nSPS) is 14.2. The summed E-state index contributed by atoms with van der Waals surface area (Å²) in [6.45, 7) is 8.60. The topological polar surface area (TPSA) is 29.1 Å². The van der Waals surface area contributed by atoms with Crippen LogP contribution in [-0.4, -0.2) is 24.0 Å². The number of amides is 1. The van der Waals surface area contributed by atoms with Gasteiger partial charge >= 0.3 is 0 Å². The molecule has 0 aromatic heterocycles. The predicted octanol–water partition coefficient (Wildman–Crippen LogP) is 2.54. The number of rotatable bonds is 5. The zero-order valence-corrected chi connectivity index (χ0v) is 11.0. The molecule has 0 saturated carbocycles. The molecule has 0 aromatic rings. The minimum absolute atomic E-state index is 0.127. The number of carbonyl (C=O) groups excluding carboxylic acids is 1. The Bertz CT molecular complexity index is 190. The Labute approximate surface area is 92.2 Å². The van der Waals surface area contributed by atoms with Crippen LogP contribution < -0.4 is 5.32 Å². The molecule has 0 fully saturated rings. The monoisotopic (exact) mass is 217 g/mol. The highest BCUT2D eigenvalue weighted by atomic mass is 32.2. The summed E-state index contributed by atoms with van der Waals surface area (Å²) in [5.41, 5.74) is 0. The molecular weight excluding hydrogens is 194 g/mol. The van der Waals surface area contributed by atoms with Crippen LogP contribution in [0.5, 0.6) is 0 Å². The van der Waals surface area contributed by atoms with Crippen molar-refractivity contribution in [1.29, 1.82) is 0 Å². The molecule has 0 aromatic carbocycles. The molecule has 1 amide bonds. The summed E-state index contributed by atoms with van der Waals surface area (Å²) in [7, 11) is 1.71. The van der Waals surface area contributed by atoms with Gasteiger partial charge in [0.05, 0.1) is 0 Å². The predicted molar refractivity (Wildman–Crippen MR) is 64.6 cm³/mol. The Morgan fingerprint density at radius 1 is 1.43 bits per heavy atom. The number of hydrogen-bond acceptors (Lipinski definition) is 2. The zero-order chi connectivity index (χ0) is 11.4. The van der Waals surface area contributed by atoms with Gasteiger partial charge in [-0.1, -0.05) is 27.7 Å². The maximum absolute atomic E-state index is 11.6. The van der Waals surface area contributed by atoms with E-state index >= 15 is 0 Å². The van der Waals surface area contributed by atoms with Crippen molar-refractivity contribution in [2.75, 3.05) is 13.3 Å². The zero-order valence-electron chi connectivity index (χ0n) is 10.2. The van der Waals surface area contributed by atoms with Crippen molar-refractivity contribution in [3.63, 3.8) is 0 Å². The van der Waals surface area contributed by atoms with Gasteiger partial charge in [0.1, 0.15) is 0 Å². The fraction of sp³-hybridized carbons (Fsp3) is 0.909. The first kappa shape index (κ1) is 13.8. The average Bonchev–Trinajstić information content (AvgIpc) is 2.13. The van der Waals surface area contributed by atoms with Crippen molar-refractivity contribution in [2.24, 2.45) is 11.8 Å². The Morgan fingerprint density at radius 2 is 1.93 bits per heavy atom. The highest BCUT2D eigenvalue weighted by molar-refractivity contribution is 7.99. The summed E-state index contributed by atoms with van der Waals surface area (Å²) in [6.07, 6.45) is 3.03. The van der Waals surface area contributed by atoms with E-state index in [0.29, 0.717) is 5.92 Å². The van der Waals surface area contributed by atoms with Gasteiger partial charge in [-0.3, -0.25) is 4.79 Å². The molecular formula is C11H23NOS. The van der Waals surface area contributed by atoms with Crippen LogP contribution in [0, 0.1) is 11.8 Å². The fourth-order valence-corrected chi connectivity index (χ4v) is 1.78. The molecule has 0 rings (SSSR count). The molecule has 3 heteroatoms. The molecule has 1 atom stereocenters. The van der Waals surface area contributed by atoms with E-state index in [-0.39, 0.29) is 16.6 Å². The molecule has 1 unspecified atom stereocenters. The van der Waals surface area contributed by atoms with E-state index in [1.165, 1.54) is 0 Å². The number of nitrogens with one attached hydrogen (secondary N) is 1. The molecule has 0 aliphatic heterocycles. The Hall–Kier alpha value is -0.180. The minimum atomic E-state index is 0.127. The van der Waals surface area contributed by atoms with Crippen molar-refractivity contribution >= 4 is 17.7 Å². The molecule has 84 valence electrons. The summed E-state index contributed by atoms with van der Waals surface area (Å²) in [5.74, 6) is 0.700. The highest BCUT2D eigenvalue weighted by Crippen LogP contribution is 2.32. The lowest BCUT2D eigenvalue weighted by Crippen LogP contribution is -2.35. The molecule has 1 N–H and O–H groups in total. The van der Waals surface area contributed by atoms with Gasteiger partial charge < -0.3 is 5.32 Å². The molecule has 0 spiro atoms. The van der Waals surface area contributed by atoms with Crippen molar-refractivity contribution in [3.8, 4) is 0 Å². The Balaban J connectivity index is 4.46. The van der Waals surface area contributed by atoms with Crippen LogP contribution in [0.25, 0.3) is 0 Å². The number of carbonyl (C=O) groups is 1. The molecule has 0 saturated heterocycles. The summed E-state index contributed by atoms with van der Waals surface area (Å²) in [4.78, 5) is 11.6. The molecule has 14 heavy (non-hydrogen) atoms. The SMILES string of the molecule is CNC(=O)C(CC(C)(C)SC)C(C)C. The lowest BCUT2D eigenvalue weighted by atomic mass is 9.86. The van der Waals surface area contributed by atoms with Crippen LogP contribution in [0.15, 0.2) is 0 Å². The average molecular weight is 217 g/mol. The minimum Gasteiger partial charge on any atom is -0.359 e. The summed E-state index contributed by atoms with van der Waals surface area (Å²) < 4.78 is 0.182. The summed E-state index contributed by atoms with van der Waals surface area (Å²) in [6, 6.07) is 0. The lowest BCUT2D eigenvalue weighted by molar-refractivity contribution is -0.126. The van der Waals surface area contributed by atoms with E-state index in [9.17, 15) is 4.79 Å². The van der Waals surface area contributed by atoms with Gasteiger partial charge in [-0.15, -0.1) is 0 Å². The molecule has 0 radical (unpaired) electrons. The van der Waals surface area contributed by atoms with E-state index < -0.39 is 0 Å². The highest BCUT2D eigenvalue weighted by Gasteiger charge is 2.28. The van der Waals surface area contributed by atoms with Gasteiger partial charge in [0.15, 0.2) is 0 Å². The van der Waals surface area contributed by atoms with Crippen molar-refractivity contribution in [2.45, 2.75) is 38.9 Å². The van der Waals surface area contributed by atoms with E-state index in [1.807, 2.05) is 11.8 Å². The van der Waals surface area contributed by atoms with E-state index in [1.54, 1.807) is 7.05 Å². The van der Waals surface area contributed by atoms with Crippen LogP contribution in [0.2, 0.25) is 0 Å². The second-order valence-electron chi connectivity index (χ2n) is 4.63. The third kappa shape index (κ3) is 4.36. The van der Waals surface area contributed by atoms with Crippen LogP contribution in [0.1, 0.15) is 34.1 Å². The Kier molecular flexibility index (Phi) is 5.57. The maximum Gasteiger partial charge on any atom is 0.223 e. The van der Waals surface area contributed by atoms with Gasteiger partial charge in [-0.25, -0.2) is 0 Å². The third-order valence-corrected chi connectivity index (χ3v) is 3.92. The maximum atomic E-state index is 11.6. The summed E-state index contributed by atoms with van der Waals surface area (Å²) >= 11 is 1.82. The van der Waals surface area contributed by atoms with Gasteiger partial charge in [0.2, 0.25) is 5.91 Å². The smallest absolute Gasteiger partial charge is 0.223 e. The lowest BCUT2D eigenvalue weighted by Gasteiger charge is -2.29. The summed E-state index contributed by atoms with van der Waals surface area (Å²) in [5, 5.41) is 2.74. The van der Waals surface area contributed by atoms with E-state index in [4.69, 9.17) is 0 Å². The first-order chi connectivity index (χ1) is 6.34. The van der Waals surface area contributed by atoms with Gasteiger partial charge in [-0.05, 0) is 18.6 Å². The number of thioether (sulfide) groups is 1. The molecule has 0 aliphatic carbocycles.